The monoisotopic (exact) mass is 352 g/mol. The van der Waals surface area contributed by atoms with Gasteiger partial charge in [0.05, 0.1) is 11.2 Å². The van der Waals surface area contributed by atoms with Crippen molar-refractivity contribution in [2.45, 2.75) is 26.3 Å². The molecule has 0 atom stereocenters. The normalized spacial score (nSPS) is 13.1. The molecule has 5 rings (SSSR count). The number of hydrogen-bond donors (Lipinski definition) is 0. The highest BCUT2D eigenvalue weighted by Crippen LogP contribution is 2.39. The van der Waals surface area contributed by atoms with Gasteiger partial charge in [0.15, 0.2) is 0 Å². The number of rotatable bonds is 3. The van der Waals surface area contributed by atoms with Crippen molar-refractivity contribution in [3.8, 4) is 22.5 Å². The molecule has 1 aliphatic rings. The van der Waals surface area contributed by atoms with E-state index in [1.807, 2.05) is 37.4 Å². The summed E-state index contributed by atoms with van der Waals surface area (Å²) in [5, 5.41) is 6.08. The maximum absolute atomic E-state index is 4.94. The van der Waals surface area contributed by atoms with Crippen LogP contribution in [0.3, 0.4) is 0 Å². The van der Waals surface area contributed by atoms with Crippen molar-refractivity contribution < 1.29 is 0 Å². The SMILES string of the molecule is C=Cc1ccc2c(-c3c(-c4cccc(C)n4)nn4c3CCC4)ccnc2c1. The second-order valence-electron chi connectivity index (χ2n) is 7.00. The van der Waals surface area contributed by atoms with E-state index in [1.54, 1.807) is 0 Å². The first kappa shape index (κ1) is 15.9. The summed E-state index contributed by atoms with van der Waals surface area (Å²) in [4.78, 5) is 9.32. The minimum absolute atomic E-state index is 0.930. The highest BCUT2D eigenvalue weighted by atomic mass is 15.3. The van der Waals surface area contributed by atoms with E-state index in [4.69, 9.17) is 10.1 Å². The van der Waals surface area contributed by atoms with E-state index >= 15 is 0 Å². The van der Waals surface area contributed by atoms with Gasteiger partial charge >= 0.3 is 0 Å². The fraction of sp³-hybridized carbons (Fsp3) is 0.174. The van der Waals surface area contributed by atoms with E-state index in [0.717, 1.165) is 52.9 Å². The minimum atomic E-state index is 0.930. The zero-order valence-corrected chi connectivity index (χ0v) is 15.3. The Hall–Kier alpha value is -3.27. The molecule has 3 aromatic heterocycles. The molecule has 4 heteroatoms. The van der Waals surface area contributed by atoms with Crippen molar-refractivity contribution in [3.05, 3.63) is 72.2 Å². The van der Waals surface area contributed by atoms with Crippen molar-refractivity contribution in [1.82, 2.24) is 19.7 Å². The van der Waals surface area contributed by atoms with E-state index in [-0.39, 0.29) is 0 Å². The Labute approximate surface area is 158 Å². The molecule has 132 valence electrons. The number of aromatic nitrogens is 4. The third kappa shape index (κ3) is 2.56. The summed E-state index contributed by atoms with van der Waals surface area (Å²) >= 11 is 0. The number of aryl methyl sites for hydroxylation is 2. The summed E-state index contributed by atoms with van der Waals surface area (Å²) in [6.07, 6.45) is 5.92. The summed E-state index contributed by atoms with van der Waals surface area (Å²) in [6, 6.07) is 14.5. The molecule has 0 saturated heterocycles. The highest BCUT2D eigenvalue weighted by molar-refractivity contribution is 5.99. The van der Waals surface area contributed by atoms with Crippen LogP contribution in [0.5, 0.6) is 0 Å². The van der Waals surface area contributed by atoms with Crippen LogP contribution in [0.2, 0.25) is 0 Å². The molecule has 0 spiro atoms. The summed E-state index contributed by atoms with van der Waals surface area (Å²) in [5.74, 6) is 0. The standard InChI is InChI=1S/C23H20N4/c1-3-16-9-10-17-18(11-12-24-20(17)14-16)22-21-8-5-13-27(21)26-23(22)19-7-4-6-15(2)25-19/h3-4,6-7,9-12,14H,1,5,8,13H2,2H3. The summed E-state index contributed by atoms with van der Waals surface area (Å²) in [5.41, 5.74) is 8.63. The maximum Gasteiger partial charge on any atom is 0.119 e. The average molecular weight is 352 g/mol. The molecule has 1 aliphatic heterocycles. The number of benzene rings is 1. The number of pyridine rings is 2. The number of nitrogens with zero attached hydrogens (tertiary/aromatic N) is 4. The molecule has 1 aromatic carbocycles. The molecular formula is C23H20N4. The lowest BCUT2D eigenvalue weighted by Crippen LogP contribution is -1.95. The van der Waals surface area contributed by atoms with E-state index in [1.165, 1.54) is 16.8 Å². The quantitative estimate of drug-likeness (QED) is 0.518. The Morgan fingerprint density at radius 3 is 2.93 bits per heavy atom. The topological polar surface area (TPSA) is 43.6 Å². The predicted octanol–water partition coefficient (Wildman–Crippen LogP) is 5.06. The molecule has 4 nitrogen and oxygen atoms in total. The Balaban J connectivity index is 1.81. The van der Waals surface area contributed by atoms with Crippen LogP contribution >= 0.6 is 0 Å². The Morgan fingerprint density at radius 1 is 1.15 bits per heavy atom. The molecular weight excluding hydrogens is 332 g/mol. The Bertz CT molecular complexity index is 1190. The lowest BCUT2D eigenvalue weighted by molar-refractivity contribution is 0.658. The summed E-state index contributed by atoms with van der Waals surface area (Å²) < 4.78 is 2.15. The van der Waals surface area contributed by atoms with Crippen LogP contribution in [0, 0.1) is 6.92 Å². The molecule has 4 heterocycles. The molecule has 0 N–H and O–H groups in total. The van der Waals surface area contributed by atoms with Gasteiger partial charge in [-0.15, -0.1) is 0 Å². The second-order valence-corrected chi connectivity index (χ2v) is 7.00. The average Bonchev–Trinajstić information content (AvgIpc) is 3.28. The Kier molecular flexibility index (Phi) is 3.64. The van der Waals surface area contributed by atoms with Gasteiger partial charge in [-0.2, -0.15) is 5.10 Å². The lowest BCUT2D eigenvalue weighted by atomic mass is 9.96. The predicted molar refractivity (Wildman–Crippen MR) is 109 cm³/mol. The first-order chi connectivity index (χ1) is 13.2. The van der Waals surface area contributed by atoms with Crippen LogP contribution < -0.4 is 0 Å². The van der Waals surface area contributed by atoms with Gasteiger partial charge in [-0.1, -0.05) is 30.9 Å². The lowest BCUT2D eigenvalue weighted by Gasteiger charge is -2.09. The Morgan fingerprint density at radius 2 is 2.07 bits per heavy atom. The van der Waals surface area contributed by atoms with Gasteiger partial charge in [-0.25, -0.2) is 0 Å². The van der Waals surface area contributed by atoms with Crippen LogP contribution in [0.25, 0.3) is 39.5 Å². The van der Waals surface area contributed by atoms with Gasteiger partial charge in [-0.3, -0.25) is 14.6 Å². The fourth-order valence-corrected chi connectivity index (χ4v) is 3.98. The third-order valence-electron chi connectivity index (χ3n) is 5.24. The van der Waals surface area contributed by atoms with Crippen LogP contribution in [0.1, 0.15) is 23.4 Å². The third-order valence-corrected chi connectivity index (χ3v) is 5.24. The van der Waals surface area contributed by atoms with Crippen LogP contribution in [-0.4, -0.2) is 19.7 Å². The van der Waals surface area contributed by atoms with Crippen molar-refractivity contribution in [2.24, 2.45) is 0 Å². The van der Waals surface area contributed by atoms with Crippen LogP contribution in [-0.2, 0) is 13.0 Å². The fourth-order valence-electron chi connectivity index (χ4n) is 3.98. The van der Waals surface area contributed by atoms with Crippen molar-refractivity contribution in [3.63, 3.8) is 0 Å². The zero-order valence-electron chi connectivity index (χ0n) is 15.3. The maximum atomic E-state index is 4.94. The van der Waals surface area contributed by atoms with Crippen molar-refractivity contribution >= 4 is 17.0 Å². The smallest absolute Gasteiger partial charge is 0.119 e. The van der Waals surface area contributed by atoms with E-state index in [0.29, 0.717) is 0 Å². The highest BCUT2D eigenvalue weighted by Gasteiger charge is 2.25. The van der Waals surface area contributed by atoms with Crippen LogP contribution in [0.4, 0.5) is 0 Å². The van der Waals surface area contributed by atoms with Gasteiger partial charge in [0, 0.05) is 35.1 Å². The van der Waals surface area contributed by atoms with Crippen molar-refractivity contribution in [1.29, 1.82) is 0 Å². The summed E-state index contributed by atoms with van der Waals surface area (Å²) in [7, 11) is 0. The van der Waals surface area contributed by atoms with Gasteiger partial charge in [0.2, 0.25) is 0 Å². The first-order valence-corrected chi connectivity index (χ1v) is 9.30. The minimum Gasteiger partial charge on any atom is -0.268 e. The molecule has 0 aliphatic carbocycles. The van der Waals surface area contributed by atoms with Crippen LogP contribution in [0.15, 0.2) is 55.2 Å². The van der Waals surface area contributed by atoms with Crippen molar-refractivity contribution in [2.75, 3.05) is 0 Å². The van der Waals surface area contributed by atoms with Gasteiger partial charge in [0.1, 0.15) is 5.69 Å². The number of fused-ring (bicyclic) bond motifs is 2. The van der Waals surface area contributed by atoms with E-state index in [2.05, 4.69) is 40.5 Å². The van der Waals surface area contributed by atoms with Gasteiger partial charge in [-0.05, 0) is 55.2 Å². The molecule has 0 radical (unpaired) electrons. The molecule has 4 aromatic rings. The molecule has 27 heavy (non-hydrogen) atoms. The second kappa shape index (κ2) is 6.16. The number of hydrogen-bond acceptors (Lipinski definition) is 3. The molecule has 0 saturated carbocycles. The van der Waals surface area contributed by atoms with Gasteiger partial charge < -0.3 is 0 Å². The summed E-state index contributed by atoms with van der Waals surface area (Å²) in [6.45, 7) is 6.86. The molecule has 0 unspecified atom stereocenters. The zero-order chi connectivity index (χ0) is 18.4. The van der Waals surface area contributed by atoms with Gasteiger partial charge in [0.25, 0.3) is 0 Å². The molecule has 0 bridgehead atoms. The molecule has 0 amide bonds. The largest absolute Gasteiger partial charge is 0.268 e. The van der Waals surface area contributed by atoms with E-state index in [9.17, 15) is 0 Å². The van der Waals surface area contributed by atoms with E-state index < -0.39 is 0 Å². The first-order valence-electron chi connectivity index (χ1n) is 9.30. The molecule has 0 fully saturated rings.